The van der Waals surface area contributed by atoms with Gasteiger partial charge in [0.1, 0.15) is 5.82 Å². The fourth-order valence-corrected chi connectivity index (χ4v) is 4.65. The number of hydrogen-bond acceptors (Lipinski definition) is 5. The van der Waals surface area contributed by atoms with Crippen molar-refractivity contribution in [2.45, 2.75) is 38.6 Å². The monoisotopic (exact) mass is 493 g/mol. The van der Waals surface area contributed by atoms with Crippen molar-refractivity contribution in [2.75, 3.05) is 13.7 Å². The second kappa shape index (κ2) is 10.4. The van der Waals surface area contributed by atoms with Crippen molar-refractivity contribution in [3.05, 3.63) is 86.3 Å². The molecule has 0 saturated heterocycles. The molecule has 1 unspecified atom stereocenters. The van der Waals surface area contributed by atoms with Crippen LogP contribution in [0, 0.1) is 0 Å². The average molecular weight is 494 g/mol. The number of benzene rings is 2. The van der Waals surface area contributed by atoms with E-state index in [9.17, 15) is 14.4 Å². The van der Waals surface area contributed by atoms with Gasteiger partial charge in [-0.25, -0.2) is 9.78 Å². The molecule has 3 aromatic rings. The second-order valence-electron chi connectivity index (χ2n) is 8.77. The Balaban J connectivity index is 1.74. The van der Waals surface area contributed by atoms with Crippen LogP contribution in [0.3, 0.4) is 0 Å². The zero-order chi connectivity index (χ0) is 25.1. The van der Waals surface area contributed by atoms with Crippen LogP contribution in [0.5, 0.6) is 0 Å². The number of halogens is 1. The van der Waals surface area contributed by atoms with E-state index >= 15 is 0 Å². The van der Waals surface area contributed by atoms with Crippen LogP contribution in [0.25, 0.3) is 11.4 Å². The molecule has 1 aliphatic heterocycles. The van der Waals surface area contributed by atoms with Crippen LogP contribution in [-0.4, -0.2) is 40.0 Å². The van der Waals surface area contributed by atoms with Crippen molar-refractivity contribution in [3.8, 4) is 11.4 Å². The summed E-state index contributed by atoms with van der Waals surface area (Å²) in [4.78, 5) is 45.5. The Bertz CT molecular complexity index is 1320. The van der Waals surface area contributed by atoms with E-state index in [1.807, 2.05) is 12.1 Å². The quantitative estimate of drug-likeness (QED) is 0.460. The van der Waals surface area contributed by atoms with Gasteiger partial charge in [-0.2, -0.15) is 0 Å². The van der Waals surface area contributed by atoms with Crippen LogP contribution >= 0.6 is 11.6 Å². The zero-order valence-corrected chi connectivity index (χ0v) is 20.8. The number of esters is 1. The largest absolute Gasteiger partial charge is 0.465 e. The standard InChI is InChI=1S/C27H28ClN3O4/c1-4-5-7-20-15-31(25(32)18-8-6-9-19(14-18)27(34)35-3)16-22-23(20)29-24(30(2)26(22)33)17-10-12-21(28)13-11-17/h6,8-14,20H,4-5,7,15-16H2,1-3H3. The third-order valence-corrected chi connectivity index (χ3v) is 6.67. The molecule has 1 aliphatic rings. The molecule has 2 aromatic carbocycles. The van der Waals surface area contributed by atoms with Crippen LogP contribution in [0.4, 0.5) is 0 Å². The highest BCUT2D eigenvalue weighted by Gasteiger charge is 2.33. The first-order valence-electron chi connectivity index (χ1n) is 11.7. The second-order valence-corrected chi connectivity index (χ2v) is 9.20. The molecule has 0 N–H and O–H groups in total. The molecule has 0 saturated carbocycles. The Hall–Kier alpha value is -3.45. The van der Waals surface area contributed by atoms with E-state index in [2.05, 4.69) is 6.92 Å². The smallest absolute Gasteiger partial charge is 0.337 e. The molecule has 35 heavy (non-hydrogen) atoms. The molecule has 0 radical (unpaired) electrons. The van der Waals surface area contributed by atoms with Crippen LogP contribution in [-0.2, 0) is 18.3 Å². The molecule has 182 valence electrons. The van der Waals surface area contributed by atoms with Crippen molar-refractivity contribution in [1.29, 1.82) is 0 Å². The normalized spacial score (nSPS) is 15.0. The molecular weight excluding hydrogens is 466 g/mol. The Morgan fingerprint density at radius 1 is 1.14 bits per heavy atom. The molecule has 0 bridgehead atoms. The molecule has 1 amide bonds. The predicted molar refractivity (Wildman–Crippen MR) is 135 cm³/mol. The first kappa shape index (κ1) is 24.7. The molecule has 0 fully saturated rings. The van der Waals surface area contributed by atoms with Crippen LogP contribution in [0.2, 0.25) is 5.02 Å². The minimum Gasteiger partial charge on any atom is -0.465 e. The van der Waals surface area contributed by atoms with Crippen LogP contribution in [0.1, 0.15) is 64.1 Å². The number of aromatic nitrogens is 2. The maximum Gasteiger partial charge on any atom is 0.337 e. The number of carbonyl (C=O) groups is 2. The van der Waals surface area contributed by atoms with Gasteiger partial charge in [0.2, 0.25) is 0 Å². The molecule has 2 heterocycles. The maximum absolute atomic E-state index is 13.5. The van der Waals surface area contributed by atoms with Gasteiger partial charge in [-0.15, -0.1) is 0 Å². The number of nitrogens with zero attached hydrogens (tertiary/aromatic N) is 3. The molecule has 0 spiro atoms. The van der Waals surface area contributed by atoms with Crippen molar-refractivity contribution < 1.29 is 14.3 Å². The number of fused-ring (bicyclic) bond motifs is 1. The molecule has 8 heteroatoms. The summed E-state index contributed by atoms with van der Waals surface area (Å²) in [5.74, 6) is -0.215. The summed E-state index contributed by atoms with van der Waals surface area (Å²) in [5, 5.41) is 0.614. The molecular formula is C27H28ClN3O4. The Morgan fingerprint density at radius 2 is 1.86 bits per heavy atom. The first-order chi connectivity index (χ1) is 16.8. The summed E-state index contributed by atoms with van der Waals surface area (Å²) < 4.78 is 6.32. The van der Waals surface area contributed by atoms with E-state index in [0.29, 0.717) is 34.1 Å². The SMILES string of the molecule is CCCCC1CN(C(=O)c2cccc(C(=O)OC)c2)Cc2c1nc(-c1ccc(Cl)cc1)n(C)c2=O. The number of hydrogen-bond donors (Lipinski definition) is 0. The molecule has 7 nitrogen and oxygen atoms in total. The molecule has 0 aliphatic carbocycles. The third kappa shape index (κ3) is 5.00. The lowest BCUT2D eigenvalue weighted by atomic mass is 9.90. The van der Waals surface area contributed by atoms with Crippen molar-refractivity contribution in [2.24, 2.45) is 7.05 Å². The lowest BCUT2D eigenvalue weighted by molar-refractivity contribution is 0.0600. The van der Waals surface area contributed by atoms with Gasteiger partial charge in [0, 0.05) is 35.7 Å². The fourth-order valence-electron chi connectivity index (χ4n) is 4.53. The van der Waals surface area contributed by atoms with Gasteiger partial charge >= 0.3 is 5.97 Å². The number of amides is 1. The Morgan fingerprint density at radius 3 is 2.54 bits per heavy atom. The maximum atomic E-state index is 13.5. The van der Waals surface area contributed by atoms with E-state index in [-0.39, 0.29) is 23.9 Å². The minimum absolute atomic E-state index is 0.0635. The van der Waals surface area contributed by atoms with E-state index in [4.69, 9.17) is 21.3 Å². The van der Waals surface area contributed by atoms with E-state index in [1.165, 1.54) is 17.7 Å². The first-order valence-corrected chi connectivity index (χ1v) is 12.0. The van der Waals surface area contributed by atoms with Gasteiger partial charge in [0.15, 0.2) is 0 Å². The summed E-state index contributed by atoms with van der Waals surface area (Å²) in [5.41, 5.74) is 2.64. The molecule has 1 aromatic heterocycles. The summed E-state index contributed by atoms with van der Waals surface area (Å²) in [6.07, 6.45) is 2.77. The van der Waals surface area contributed by atoms with Gasteiger partial charge in [0.25, 0.3) is 11.5 Å². The number of carbonyl (C=O) groups excluding carboxylic acids is 2. The summed E-state index contributed by atoms with van der Waals surface area (Å²) in [7, 11) is 3.00. The van der Waals surface area contributed by atoms with Crippen molar-refractivity contribution in [1.82, 2.24) is 14.5 Å². The number of unbranched alkanes of at least 4 members (excludes halogenated alkanes) is 1. The lowest BCUT2D eigenvalue weighted by Crippen LogP contribution is -2.43. The topological polar surface area (TPSA) is 81.5 Å². The highest BCUT2D eigenvalue weighted by Crippen LogP contribution is 2.32. The third-order valence-electron chi connectivity index (χ3n) is 6.42. The highest BCUT2D eigenvalue weighted by molar-refractivity contribution is 6.30. The Kier molecular flexibility index (Phi) is 7.36. The fraction of sp³-hybridized carbons (Fsp3) is 0.333. The van der Waals surface area contributed by atoms with Gasteiger partial charge < -0.3 is 9.64 Å². The predicted octanol–water partition coefficient (Wildman–Crippen LogP) is 4.82. The van der Waals surface area contributed by atoms with Crippen LogP contribution < -0.4 is 5.56 Å². The average Bonchev–Trinajstić information content (AvgIpc) is 2.89. The van der Waals surface area contributed by atoms with E-state index < -0.39 is 5.97 Å². The number of ether oxygens (including phenoxy) is 1. The van der Waals surface area contributed by atoms with E-state index in [0.717, 1.165) is 30.5 Å². The summed E-state index contributed by atoms with van der Waals surface area (Å²) >= 11 is 6.05. The van der Waals surface area contributed by atoms with Gasteiger partial charge in [-0.3, -0.25) is 14.2 Å². The molecule has 4 rings (SSSR count). The van der Waals surface area contributed by atoms with Gasteiger partial charge in [0.05, 0.1) is 30.5 Å². The van der Waals surface area contributed by atoms with Crippen molar-refractivity contribution >= 4 is 23.5 Å². The summed E-state index contributed by atoms with van der Waals surface area (Å²) in [6, 6.07) is 13.7. The number of methoxy groups -OCH3 is 1. The Labute approximate surface area is 209 Å². The lowest BCUT2D eigenvalue weighted by Gasteiger charge is -2.34. The van der Waals surface area contributed by atoms with Gasteiger partial charge in [-0.1, -0.05) is 37.4 Å². The minimum atomic E-state index is -0.503. The van der Waals surface area contributed by atoms with Crippen LogP contribution in [0.15, 0.2) is 53.3 Å². The molecule has 1 atom stereocenters. The highest BCUT2D eigenvalue weighted by atomic mass is 35.5. The summed E-state index contributed by atoms with van der Waals surface area (Å²) in [6.45, 7) is 2.73. The number of rotatable bonds is 6. The zero-order valence-electron chi connectivity index (χ0n) is 20.1. The van der Waals surface area contributed by atoms with Crippen molar-refractivity contribution in [3.63, 3.8) is 0 Å². The van der Waals surface area contributed by atoms with E-state index in [1.54, 1.807) is 42.3 Å². The van der Waals surface area contributed by atoms with Gasteiger partial charge in [-0.05, 0) is 48.9 Å².